The zero-order chi connectivity index (χ0) is 21.5. The van der Waals surface area contributed by atoms with Gasteiger partial charge in [0.05, 0.1) is 12.0 Å². The van der Waals surface area contributed by atoms with E-state index in [1.807, 2.05) is 66.3 Å². The number of thiophene rings is 1. The molecule has 3 aromatic rings. The zero-order valence-corrected chi connectivity index (χ0v) is 17.8. The number of carbonyl (C=O) groups is 2. The highest BCUT2D eigenvalue weighted by molar-refractivity contribution is 7.09. The van der Waals surface area contributed by atoms with Crippen LogP contribution in [0.5, 0.6) is 0 Å². The van der Waals surface area contributed by atoms with E-state index in [1.54, 1.807) is 11.3 Å². The Morgan fingerprint density at radius 3 is 2.60 bits per heavy atom. The number of hydrogen-bond donors (Lipinski definition) is 1. The number of ether oxygens (including phenoxy) is 1. The number of rotatable bonds is 8. The van der Waals surface area contributed by atoms with E-state index in [9.17, 15) is 14.9 Å². The van der Waals surface area contributed by atoms with Gasteiger partial charge in [-0.25, -0.2) is 0 Å². The molecule has 0 aliphatic rings. The number of nitrogens with one attached hydrogen (secondary N) is 1. The van der Waals surface area contributed by atoms with Crippen LogP contribution < -0.4 is 5.32 Å². The molecule has 0 bridgehead atoms. The van der Waals surface area contributed by atoms with Gasteiger partial charge < -0.3 is 14.6 Å². The average molecular weight is 422 g/mol. The molecule has 0 unspecified atom stereocenters. The first-order valence-corrected chi connectivity index (χ1v) is 10.5. The van der Waals surface area contributed by atoms with Crippen molar-refractivity contribution >= 4 is 29.0 Å². The van der Waals surface area contributed by atoms with Crippen LogP contribution in [0.2, 0.25) is 0 Å². The van der Waals surface area contributed by atoms with Crippen molar-refractivity contribution < 1.29 is 14.3 Å². The highest BCUT2D eigenvalue weighted by Crippen LogP contribution is 2.27. The molecular weight excluding hydrogens is 398 g/mol. The number of esters is 1. The molecule has 0 aliphatic heterocycles. The van der Waals surface area contributed by atoms with Gasteiger partial charge in [-0.2, -0.15) is 5.26 Å². The Morgan fingerprint density at radius 1 is 1.17 bits per heavy atom. The summed E-state index contributed by atoms with van der Waals surface area (Å²) in [6.07, 6.45) is 0.814. The van der Waals surface area contributed by atoms with Crippen LogP contribution in [-0.2, 0) is 27.3 Å². The first-order valence-electron chi connectivity index (χ1n) is 9.61. The maximum Gasteiger partial charge on any atom is 0.306 e. The van der Waals surface area contributed by atoms with Crippen LogP contribution in [0, 0.1) is 25.2 Å². The Balaban J connectivity index is 1.65. The number of benzene rings is 1. The Morgan fingerprint density at radius 2 is 1.93 bits per heavy atom. The monoisotopic (exact) mass is 421 g/mol. The van der Waals surface area contributed by atoms with Gasteiger partial charge in [0.1, 0.15) is 11.9 Å². The van der Waals surface area contributed by atoms with Gasteiger partial charge in [0, 0.05) is 17.1 Å². The second kappa shape index (κ2) is 9.90. The van der Waals surface area contributed by atoms with Gasteiger partial charge in [-0.15, -0.1) is 11.3 Å². The highest BCUT2D eigenvalue weighted by atomic mass is 32.1. The molecule has 3 rings (SSSR count). The van der Waals surface area contributed by atoms with Crippen LogP contribution in [0.1, 0.15) is 33.7 Å². The van der Waals surface area contributed by atoms with Crippen LogP contribution in [0.3, 0.4) is 0 Å². The molecule has 2 aromatic heterocycles. The number of nitrogens with zero attached hydrogens (tertiary/aromatic N) is 2. The number of aryl methyl sites for hydroxylation is 1. The topological polar surface area (TPSA) is 84.1 Å². The predicted octanol–water partition coefficient (Wildman–Crippen LogP) is 4.20. The lowest BCUT2D eigenvalue weighted by molar-refractivity contribution is -0.147. The number of nitriles is 1. The molecule has 1 N–H and O–H groups in total. The SMILES string of the molecule is Cc1c(C#N)c(NC(=O)COC(=O)CCc2cccs2)n(Cc2ccccc2)c1C. The lowest BCUT2D eigenvalue weighted by Crippen LogP contribution is -2.23. The highest BCUT2D eigenvalue weighted by Gasteiger charge is 2.20. The van der Waals surface area contributed by atoms with Gasteiger partial charge >= 0.3 is 5.97 Å². The van der Waals surface area contributed by atoms with Crippen LogP contribution in [0.15, 0.2) is 47.8 Å². The smallest absolute Gasteiger partial charge is 0.306 e. The third kappa shape index (κ3) is 5.16. The summed E-state index contributed by atoms with van der Waals surface area (Å²) in [7, 11) is 0. The molecule has 7 heteroatoms. The molecule has 30 heavy (non-hydrogen) atoms. The summed E-state index contributed by atoms with van der Waals surface area (Å²) >= 11 is 1.58. The summed E-state index contributed by atoms with van der Waals surface area (Å²) in [6.45, 7) is 3.91. The van der Waals surface area contributed by atoms with Crippen molar-refractivity contribution in [2.45, 2.75) is 33.2 Å². The standard InChI is InChI=1S/C23H23N3O3S/c1-16-17(2)26(14-18-7-4-3-5-8-18)23(20(16)13-24)25-21(27)15-29-22(28)11-10-19-9-6-12-30-19/h3-9,12H,10-11,14-15H2,1-2H3,(H,25,27). The van der Waals surface area contributed by atoms with Crippen molar-refractivity contribution in [3.05, 3.63) is 75.1 Å². The van der Waals surface area contributed by atoms with E-state index in [0.29, 0.717) is 24.3 Å². The molecule has 1 aromatic carbocycles. The third-order valence-corrected chi connectivity index (χ3v) is 5.84. The normalized spacial score (nSPS) is 10.4. The number of carbonyl (C=O) groups excluding carboxylic acids is 2. The van der Waals surface area contributed by atoms with E-state index in [0.717, 1.165) is 21.7 Å². The van der Waals surface area contributed by atoms with Crippen molar-refractivity contribution in [3.63, 3.8) is 0 Å². The van der Waals surface area contributed by atoms with Gasteiger partial charge in [-0.05, 0) is 42.8 Å². The fourth-order valence-electron chi connectivity index (χ4n) is 3.16. The average Bonchev–Trinajstić information content (AvgIpc) is 3.34. The van der Waals surface area contributed by atoms with Crippen LogP contribution in [-0.4, -0.2) is 23.1 Å². The Bertz CT molecular complexity index is 1060. The molecule has 0 spiro atoms. The minimum atomic E-state index is -0.470. The van der Waals surface area contributed by atoms with E-state index < -0.39 is 11.9 Å². The summed E-state index contributed by atoms with van der Waals surface area (Å²) in [5.41, 5.74) is 3.19. The maximum absolute atomic E-state index is 12.4. The van der Waals surface area contributed by atoms with Gasteiger partial charge in [0.25, 0.3) is 5.91 Å². The maximum atomic E-state index is 12.4. The fourth-order valence-corrected chi connectivity index (χ4v) is 3.87. The van der Waals surface area contributed by atoms with Crippen molar-refractivity contribution in [1.29, 1.82) is 5.26 Å². The molecule has 0 aliphatic carbocycles. The lowest BCUT2D eigenvalue weighted by atomic mass is 10.2. The Kier molecular flexibility index (Phi) is 7.04. The zero-order valence-electron chi connectivity index (χ0n) is 17.0. The molecule has 2 heterocycles. The first-order chi connectivity index (χ1) is 14.5. The lowest BCUT2D eigenvalue weighted by Gasteiger charge is -2.13. The quantitative estimate of drug-likeness (QED) is 0.553. The van der Waals surface area contributed by atoms with Crippen molar-refractivity contribution in [1.82, 2.24) is 4.57 Å². The van der Waals surface area contributed by atoms with E-state index in [2.05, 4.69) is 11.4 Å². The van der Waals surface area contributed by atoms with Crippen molar-refractivity contribution in [2.75, 3.05) is 11.9 Å². The third-order valence-electron chi connectivity index (χ3n) is 4.90. The number of amides is 1. The predicted molar refractivity (Wildman–Crippen MR) is 116 cm³/mol. The molecular formula is C23H23N3O3S. The molecule has 0 saturated heterocycles. The van der Waals surface area contributed by atoms with Gasteiger partial charge in [-0.1, -0.05) is 36.4 Å². The van der Waals surface area contributed by atoms with E-state index >= 15 is 0 Å². The second-order valence-electron chi connectivity index (χ2n) is 6.91. The molecule has 154 valence electrons. The Hall–Kier alpha value is -3.37. The molecule has 6 nitrogen and oxygen atoms in total. The molecule has 0 saturated carbocycles. The van der Waals surface area contributed by atoms with Gasteiger partial charge in [0.2, 0.25) is 0 Å². The summed E-state index contributed by atoms with van der Waals surface area (Å²) in [4.78, 5) is 25.5. The van der Waals surface area contributed by atoms with Crippen LogP contribution in [0.4, 0.5) is 5.82 Å². The summed E-state index contributed by atoms with van der Waals surface area (Å²) in [5.74, 6) is -0.468. The fraction of sp³-hybridized carbons (Fsp3) is 0.261. The number of hydrogen-bond acceptors (Lipinski definition) is 5. The molecule has 1 amide bonds. The molecule has 0 radical (unpaired) electrons. The molecule has 0 fully saturated rings. The van der Waals surface area contributed by atoms with E-state index in [1.165, 1.54) is 0 Å². The minimum absolute atomic E-state index is 0.222. The minimum Gasteiger partial charge on any atom is -0.456 e. The number of aromatic nitrogens is 1. The molecule has 0 atom stereocenters. The largest absolute Gasteiger partial charge is 0.456 e. The summed E-state index contributed by atoms with van der Waals surface area (Å²) in [5, 5.41) is 14.3. The van der Waals surface area contributed by atoms with Gasteiger partial charge in [-0.3, -0.25) is 9.59 Å². The summed E-state index contributed by atoms with van der Waals surface area (Å²) < 4.78 is 7.01. The second-order valence-corrected chi connectivity index (χ2v) is 7.94. The number of anilines is 1. The van der Waals surface area contributed by atoms with Crippen LogP contribution in [0.25, 0.3) is 0 Å². The van der Waals surface area contributed by atoms with Gasteiger partial charge in [0.15, 0.2) is 6.61 Å². The van der Waals surface area contributed by atoms with Crippen molar-refractivity contribution in [3.8, 4) is 6.07 Å². The van der Waals surface area contributed by atoms with Crippen molar-refractivity contribution in [2.24, 2.45) is 0 Å². The Labute approximate surface area is 179 Å². The van der Waals surface area contributed by atoms with E-state index in [4.69, 9.17) is 4.74 Å². The van der Waals surface area contributed by atoms with E-state index in [-0.39, 0.29) is 13.0 Å². The van der Waals surface area contributed by atoms with Crippen LogP contribution >= 0.6 is 11.3 Å². The first kappa shape index (κ1) is 21.3. The summed E-state index contributed by atoms with van der Waals surface area (Å²) in [6, 6.07) is 15.9.